The first-order valence-electron chi connectivity index (χ1n) is 8.00. The number of carbonyl (C=O) groups is 2. The second kappa shape index (κ2) is 7.93. The summed E-state index contributed by atoms with van der Waals surface area (Å²) in [5.41, 5.74) is 2.18. The molecule has 2 aromatic carbocycles. The predicted octanol–water partition coefficient (Wildman–Crippen LogP) is 4.42. The van der Waals surface area contributed by atoms with Crippen molar-refractivity contribution in [1.82, 2.24) is 5.32 Å². The highest BCUT2D eigenvalue weighted by atomic mass is 35.5. The van der Waals surface area contributed by atoms with Gasteiger partial charge in [-0.05, 0) is 41.8 Å². The van der Waals surface area contributed by atoms with Gasteiger partial charge >= 0.3 is 0 Å². The van der Waals surface area contributed by atoms with Crippen LogP contribution in [0.15, 0.2) is 48.5 Å². The normalized spacial score (nSPS) is 18.1. The van der Waals surface area contributed by atoms with Gasteiger partial charge in [0.05, 0.1) is 11.9 Å². The summed E-state index contributed by atoms with van der Waals surface area (Å²) in [5, 5.41) is 2.41. The van der Waals surface area contributed by atoms with E-state index >= 15 is 0 Å². The average Bonchev–Trinajstić information content (AvgIpc) is 2.92. The SMILES string of the molecule is CC(COc1ccc(CC2SC(=O)NC2=O)cc1)c1ccc(Cl)cc1. The lowest BCUT2D eigenvalue weighted by Gasteiger charge is -2.14. The zero-order valence-corrected chi connectivity index (χ0v) is 15.3. The van der Waals surface area contributed by atoms with Gasteiger partial charge in [-0.25, -0.2) is 0 Å². The first kappa shape index (κ1) is 17.8. The van der Waals surface area contributed by atoms with E-state index in [-0.39, 0.29) is 22.3 Å². The van der Waals surface area contributed by atoms with E-state index in [2.05, 4.69) is 12.2 Å². The molecular weight excluding hydrogens is 358 g/mol. The number of ether oxygens (including phenoxy) is 1. The lowest BCUT2D eigenvalue weighted by Crippen LogP contribution is -2.25. The van der Waals surface area contributed by atoms with Crippen molar-refractivity contribution < 1.29 is 14.3 Å². The van der Waals surface area contributed by atoms with Crippen molar-refractivity contribution in [3.05, 3.63) is 64.7 Å². The van der Waals surface area contributed by atoms with Crippen molar-refractivity contribution in [3.8, 4) is 5.75 Å². The summed E-state index contributed by atoms with van der Waals surface area (Å²) in [4.78, 5) is 22.8. The quantitative estimate of drug-likeness (QED) is 0.812. The molecule has 0 aliphatic carbocycles. The van der Waals surface area contributed by atoms with Gasteiger partial charge < -0.3 is 4.74 Å². The summed E-state index contributed by atoms with van der Waals surface area (Å²) in [6.45, 7) is 2.67. The highest BCUT2D eigenvalue weighted by Crippen LogP contribution is 2.24. The van der Waals surface area contributed by atoms with E-state index in [0.717, 1.165) is 28.1 Å². The van der Waals surface area contributed by atoms with E-state index in [1.165, 1.54) is 5.56 Å². The molecule has 130 valence electrons. The molecule has 1 aliphatic rings. The van der Waals surface area contributed by atoms with Crippen LogP contribution < -0.4 is 10.1 Å². The first-order chi connectivity index (χ1) is 12.0. The fraction of sp³-hybridized carbons (Fsp3) is 0.263. The van der Waals surface area contributed by atoms with Crippen LogP contribution in [0, 0.1) is 0 Å². The van der Waals surface area contributed by atoms with Gasteiger partial charge in [0, 0.05) is 10.9 Å². The molecule has 3 rings (SSSR count). The van der Waals surface area contributed by atoms with E-state index in [1.807, 2.05) is 48.5 Å². The minimum Gasteiger partial charge on any atom is -0.493 e. The number of halogens is 1. The van der Waals surface area contributed by atoms with E-state index in [1.54, 1.807) is 0 Å². The number of carbonyl (C=O) groups excluding carboxylic acids is 2. The standard InChI is InChI=1S/C19H18ClNO3S/c1-12(14-4-6-15(20)7-5-14)11-24-16-8-2-13(3-9-16)10-17-18(22)21-19(23)25-17/h2-9,12,17H,10-11H2,1H3,(H,21,22,23). The fourth-order valence-electron chi connectivity index (χ4n) is 2.57. The van der Waals surface area contributed by atoms with Crippen LogP contribution in [-0.4, -0.2) is 23.0 Å². The number of rotatable bonds is 6. The van der Waals surface area contributed by atoms with Crippen LogP contribution in [0.2, 0.25) is 5.02 Å². The molecule has 2 aromatic rings. The van der Waals surface area contributed by atoms with Gasteiger partial charge in [0.2, 0.25) is 5.91 Å². The molecule has 0 saturated carbocycles. The Hall–Kier alpha value is -1.98. The zero-order chi connectivity index (χ0) is 17.8. The van der Waals surface area contributed by atoms with Crippen molar-refractivity contribution in [2.24, 2.45) is 0 Å². The van der Waals surface area contributed by atoms with E-state index in [4.69, 9.17) is 16.3 Å². The maximum Gasteiger partial charge on any atom is 0.286 e. The Labute approximate surface area is 155 Å². The highest BCUT2D eigenvalue weighted by molar-refractivity contribution is 8.15. The molecule has 0 bridgehead atoms. The minimum absolute atomic E-state index is 0.216. The largest absolute Gasteiger partial charge is 0.493 e. The number of amides is 2. The molecule has 1 aliphatic heterocycles. The molecule has 1 heterocycles. The molecule has 2 unspecified atom stereocenters. The van der Waals surface area contributed by atoms with Crippen LogP contribution in [0.25, 0.3) is 0 Å². The lowest BCUT2D eigenvalue weighted by atomic mass is 10.0. The fourth-order valence-corrected chi connectivity index (χ4v) is 3.56. The van der Waals surface area contributed by atoms with Crippen molar-refractivity contribution in [1.29, 1.82) is 0 Å². The number of hydrogen-bond acceptors (Lipinski definition) is 4. The van der Waals surface area contributed by atoms with Crippen LogP contribution >= 0.6 is 23.4 Å². The van der Waals surface area contributed by atoms with Crippen molar-refractivity contribution >= 4 is 34.5 Å². The van der Waals surface area contributed by atoms with Crippen LogP contribution in [-0.2, 0) is 11.2 Å². The minimum atomic E-state index is -0.343. The molecule has 0 spiro atoms. The van der Waals surface area contributed by atoms with Crippen LogP contribution in [0.1, 0.15) is 24.0 Å². The number of thioether (sulfide) groups is 1. The summed E-state index contributed by atoms with van der Waals surface area (Å²) in [6, 6.07) is 15.4. The molecule has 1 fully saturated rings. The Morgan fingerprint density at radius 2 is 1.80 bits per heavy atom. The van der Waals surface area contributed by atoms with Crippen LogP contribution in [0.3, 0.4) is 0 Å². The molecule has 6 heteroatoms. The smallest absolute Gasteiger partial charge is 0.286 e. The average molecular weight is 376 g/mol. The molecule has 25 heavy (non-hydrogen) atoms. The van der Waals surface area contributed by atoms with Crippen LogP contribution in [0.5, 0.6) is 5.75 Å². The molecule has 4 nitrogen and oxygen atoms in total. The predicted molar refractivity (Wildman–Crippen MR) is 100 cm³/mol. The van der Waals surface area contributed by atoms with Crippen molar-refractivity contribution in [2.45, 2.75) is 24.5 Å². The summed E-state index contributed by atoms with van der Waals surface area (Å²) in [6.07, 6.45) is 0.531. The summed E-state index contributed by atoms with van der Waals surface area (Å²) in [5.74, 6) is 0.817. The van der Waals surface area contributed by atoms with Gasteiger partial charge in [0.15, 0.2) is 0 Å². The number of imide groups is 1. The highest BCUT2D eigenvalue weighted by Gasteiger charge is 2.31. The first-order valence-corrected chi connectivity index (χ1v) is 9.25. The van der Waals surface area contributed by atoms with Gasteiger partial charge in [-0.1, -0.05) is 54.6 Å². The van der Waals surface area contributed by atoms with E-state index in [9.17, 15) is 9.59 Å². The Morgan fingerprint density at radius 1 is 1.12 bits per heavy atom. The number of benzene rings is 2. The van der Waals surface area contributed by atoms with E-state index < -0.39 is 0 Å². The summed E-state index contributed by atoms with van der Waals surface area (Å²) >= 11 is 6.95. The Morgan fingerprint density at radius 3 is 2.40 bits per heavy atom. The van der Waals surface area contributed by atoms with Gasteiger partial charge in [-0.2, -0.15) is 0 Å². The number of nitrogens with one attached hydrogen (secondary N) is 1. The molecule has 2 amide bonds. The van der Waals surface area contributed by atoms with Gasteiger partial charge in [0.25, 0.3) is 5.24 Å². The Kier molecular flexibility index (Phi) is 5.66. The number of hydrogen-bond donors (Lipinski definition) is 1. The summed E-state index contributed by atoms with van der Waals surface area (Å²) in [7, 11) is 0. The lowest BCUT2D eigenvalue weighted by molar-refractivity contribution is -0.118. The summed E-state index contributed by atoms with van der Waals surface area (Å²) < 4.78 is 5.84. The van der Waals surface area contributed by atoms with Gasteiger partial charge in [-0.3, -0.25) is 14.9 Å². The van der Waals surface area contributed by atoms with Gasteiger partial charge in [-0.15, -0.1) is 0 Å². The molecule has 1 saturated heterocycles. The second-order valence-electron chi connectivity index (χ2n) is 5.99. The Bertz CT molecular complexity index is 761. The molecule has 0 aromatic heterocycles. The Balaban J connectivity index is 1.53. The molecule has 1 N–H and O–H groups in total. The third-order valence-corrected chi connectivity index (χ3v) is 5.28. The van der Waals surface area contributed by atoms with Crippen molar-refractivity contribution in [3.63, 3.8) is 0 Å². The van der Waals surface area contributed by atoms with E-state index in [0.29, 0.717) is 13.0 Å². The molecular formula is C19H18ClNO3S. The second-order valence-corrected chi connectivity index (χ2v) is 7.61. The molecule has 0 radical (unpaired) electrons. The van der Waals surface area contributed by atoms with Gasteiger partial charge in [0.1, 0.15) is 5.75 Å². The van der Waals surface area contributed by atoms with Crippen molar-refractivity contribution in [2.75, 3.05) is 6.61 Å². The topological polar surface area (TPSA) is 55.4 Å². The monoisotopic (exact) mass is 375 g/mol. The van der Waals surface area contributed by atoms with Crippen LogP contribution in [0.4, 0.5) is 4.79 Å². The third-order valence-electron chi connectivity index (χ3n) is 4.05. The maximum absolute atomic E-state index is 11.6. The zero-order valence-electron chi connectivity index (χ0n) is 13.7. The third kappa shape index (κ3) is 4.77. The molecule has 2 atom stereocenters. The maximum atomic E-state index is 11.6.